The molecule has 3 aliphatic heterocycles. The Hall–Kier alpha value is -4.90. The Labute approximate surface area is 258 Å². The average molecular weight is 605 g/mol. The molecule has 5 heterocycles. The first-order valence-corrected chi connectivity index (χ1v) is 14.9. The first kappa shape index (κ1) is 27.6. The van der Waals surface area contributed by atoms with Crippen molar-refractivity contribution in [1.82, 2.24) is 19.4 Å². The Morgan fingerprint density at radius 3 is 2.49 bits per heavy atom. The second kappa shape index (κ2) is 9.55. The second-order valence-corrected chi connectivity index (χ2v) is 11.9. The molecule has 8 rings (SSSR count). The number of rotatable bonds is 5. The van der Waals surface area contributed by atoms with Gasteiger partial charge in [0.25, 0.3) is 5.91 Å². The highest BCUT2D eigenvalue weighted by Gasteiger charge is 2.55. The third-order valence-electron chi connectivity index (χ3n) is 9.72. The van der Waals surface area contributed by atoms with Crippen molar-refractivity contribution in [3.8, 4) is 0 Å². The highest BCUT2D eigenvalue weighted by Crippen LogP contribution is 2.55. The van der Waals surface area contributed by atoms with Gasteiger partial charge in [0.2, 0.25) is 0 Å². The van der Waals surface area contributed by atoms with Crippen molar-refractivity contribution < 1.29 is 28.9 Å². The molecule has 1 saturated heterocycles. The summed E-state index contributed by atoms with van der Waals surface area (Å²) in [5.41, 5.74) is 3.28. The molecule has 45 heavy (non-hydrogen) atoms. The van der Waals surface area contributed by atoms with Crippen LogP contribution in [0.5, 0.6) is 0 Å². The predicted molar refractivity (Wildman–Crippen MR) is 171 cm³/mol. The smallest absolute Gasteiger partial charge is 0.410 e. The zero-order valence-electron chi connectivity index (χ0n) is 25.1. The highest BCUT2D eigenvalue weighted by molar-refractivity contribution is 6.31. The topological polar surface area (TPSA) is 107 Å². The Kier molecular flexibility index (Phi) is 5.86. The SMILES string of the molecule is C=C/C=C(\C=C)OC(=O)N(C)C1CC2OC(C)(C1OC)n1c3ccccc3c3c4c(c5c6ccccc6n2c5c31)C(=O)NC4O. The minimum Gasteiger partial charge on any atom is -0.410 e. The first-order valence-electron chi connectivity index (χ1n) is 14.9. The molecule has 10 nitrogen and oxygen atoms in total. The molecule has 0 spiro atoms. The first-order chi connectivity index (χ1) is 21.7. The van der Waals surface area contributed by atoms with Crippen LogP contribution < -0.4 is 5.32 Å². The number of nitrogens with zero attached hydrogens (tertiary/aromatic N) is 3. The van der Waals surface area contributed by atoms with Crippen LogP contribution in [0.25, 0.3) is 43.6 Å². The van der Waals surface area contributed by atoms with Gasteiger partial charge in [-0.3, -0.25) is 4.79 Å². The third-order valence-corrected chi connectivity index (χ3v) is 9.72. The summed E-state index contributed by atoms with van der Waals surface area (Å²) in [7, 11) is 3.32. The van der Waals surface area contributed by atoms with Gasteiger partial charge in [0.15, 0.2) is 12.0 Å². The van der Waals surface area contributed by atoms with Gasteiger partial charge in [-0.15, -0.1) is 0 Å². The van der Waals surface area contributed by atoms with Crippen molar-refractivity contribution in [2.45, 2.75) is 43.7 Å². The number of aliphatic hydroxyl groups is 1. The number of allylic oxidation sites excluding steroid dienone is 3. The number of methoxy groups -OCH3 is 1. The Bertz CT molecular complexity index is 2180. The molecule has 3 aromatic carbocycles. The molecule has 10 heteroatoms. The fraction of sp³-hybridized carbons (Fsp3) is 0.257. The van der Waals surface area contributed by atoms with E-state index in [1.165, 1.54) is 12.2 Å². The van der Waals surface area contributed by atoms with Gasteiger partial charge in [-0.25, -0.2) is 4.79 Å². The van der Waals surface area contributed by atoms with E-state index < -0.39 is 36.4 Å². The Morgan fingerprint density at radius 1 is 1.11 bits per heavy atom. The number of hydrogen-bond acceptors (Lipinski definition) is 6. The van der Waals surface area contributed by atoms with Gasteiger partial charge in [0.05, 0.1) is 33.7 Å². The molecule has 3 aliphatic rings. The van der Waals surface area contributed by atoms with Crippen LogP contribution in [0.2, 0.25) is 0 Å². The molecule has 2 N–H and O–H groups in total. The van der Waals surface area contributed by atoms with E-state index in [1.807, 2.05) is 55.5 Å². The van der Waals surface area contributed by atoms with Crippen LogP contribution in [0.15, 0.2) is 85.7 Å². The van der Waals surface area contributed by atoms with Gasteiger partial charge in [0.1, 0.15) is 18.1 Å². The van der Waals surface area contributed by atoms with Crippen molar-refractivity contribution in [2.24, 2.45) is 0 Å². The van der Waals surface area contributed by atoms with Crippen molar-refractivity contribution >= 4 is 55.6 Å². The van der Waals surface area contributed by atoms with E-state index in [0.29, 0.717) is 17.5 Å². The summed E-state index contributed by atoms with van der Waals surface area (Å²) in [6.07, 6.45) is 1.98. The fourth-order valence-electron chi connectivity index (χ4n) is 8.00. The summed E-state index contributed by atoms with van der Waals surface area (Å²) >= 11 is 0. The van der Waals surface area contributed by atoms with Gasteiger partial charge >= 0.3 is 6.09 Å². The minimum atomic E-state index is -1.18. The molecule has 2 aromatic heterocycles. The molecular formula is C35H32N4O6. The summed E-state index contributed by atoms with van der Waals surface area (Å²) < 4.78 is 23.4. The number of aliphatic hydroxyl groups excluding tert-OH is 1. The number of para-hydroxylation sites is 2. The molecule has 0 saturated carbocycles. The molecule has 5 unspecified atom stereocenters. The monoisotopic (exact) mass is 604 g/mol. The van der Waals surface area contributed by atoms with Gasteiger partial charge in [-0.05, 0) is 31.2 Å². The normalized spacial score (nSPS) is 25.5. The summed E-state index contributed by atoms with van der Waals surface area (Å²) in [6.45, 7) is 9.41. The molecule has 5 atom stereocenters. The van der Waals surface area contributed by atoms with Crippen molar-refractivity contribution in [2.75, 3.05) is 14.2 Å². The maximum absolute atomic E-state index is 13.6. The molecule has 5 aromatic rings. The number of aromatic nitrogens is 2. The van der Waals surface area contributed by atoms with E-state index >= 15 is 0 Å². The van der Waals surface area contributed by atoms with E-state index in [4.69, 9.17) is 14.2 Å². The molecule has 0 radical (unpaired) electrons. The van der Waals surface area contributed by atoms with E-state index in [2.05, 4.69) is 27.6 Å². The lowest BCUT2D eigenvalue weighted by atomic mass is 9.92. The number of nitrogens with one attached hydrogen (secondary N) is 1. The van der Waals surface area contributed by atoms with Crippen molar-refractivity contribution in [3.05, 3.63) is 96.8 Å². The van der Waals surface area contributed by atoms with Crippen molar-refractivity contribution in [1.29, 1.82) is 0 Å². The lowest BCUT2D eigenvalue weighted by Gasteiger charge is -2.50. The van der Waals surface area contributed by atoms with Gasteiger partial charge in [0, 0.05) is 47.7 Å². The predicted octanol–water partition coefficient (Wildman–Crippen LogP) is 5.95. The number of carbonyl (C=O) groups excluding carboxylic acids is 2. The lowest BCUT2D eigenvalue weighted by molar-refractivity contribution is -0.264. The highest BCUT2D eigenvalue weighted by atomic mass is 16.6. The molecular weight excluding hydrogens is 572 g/mol. The maximum Gasteiger partial charge on any atom is 0.415 e. The molecule has 0 aliphatic carbocycles. The van der Waals surface area contributed by atoms with E-state index in [-0.39, 0.29) is 11.7 Å². The number of benzene rings is 3. The average Bonchev–Trinajstić information content (AvgIpc) is 3.64. The summed E-state index contributed by atoms with van der Waals surface area (Å²) in [4.78, 5) is 28.7. The number of likely N-dealkylation sites (N-methyl/N-ethyl adjacent to an activating group) is 1. The number of hydrogen-bond donors (Lipinski definition) is 2. The number of ether oxygens (including phenoxy) is 3. The van der Waals surface area contributed by atoms with E-state index in [0.717, 1.165) is 43.6 Å². The van der Waals surface area contributed by atoms with Crippen LogP contribution >= 0.6 is 0 Å². The number of amides is 2. The van der Waals surface area contributed by atoms with Gasteiger partial charge < -0.3 is 38.7 Å². The molecule has 1 fully saturated rings. The zero-order valence-corrected chi connectivity index (χ0v) is 25.1. The second-order valence-electron chi connectivity index (χ2n) is 11.9. The van der Waals surface area contributed by atoms with Crippen LogP contribution in [0.1, 0.15) is 41.7 Å². The molecule has 2 amide bonds. The standard InChI is InChI=1S/C35H32N4O6/c1-6-12-18(7-2)44-34(42)37(4)23-17-24-38-21-15-10-8-13-19(21)25-27-28(33(41)36-32(27)40)26-20-14-9-11-16-22(20)39(30(26)29(25)38)35(3,45-24)31(23)43-5/h6-16,23-24,31,33,41H,1-2,17H2,3-5H3,(H,36,40)/b18-12+. The summed E-state index contributed by atoms with van der Waals surface area (Å²) in [5, 5.41) is 17.4. The Balaban J connectivity index is 1.48. The zero-order chi connectivity index (χ0) is 31.4. The van der Waals surface area contributed by atoms with E-state index in [1.54, 1.807) is 25.1 Å². The van der Waals surface area contributed by atoms with Crippen LogP contribution in [0.4, 0.5) is 4.79 Å². The quantitative estimate of drug-likeness (QED) is 0.190. The third kappa shape index (κ3) is 3.44. The largest absolute Gasteiger partial charge is 0.415 e. The number of carbonyl (C=O) groups is 2. The van der Waals surface area contributed by atoms with Crippen molar-refractivity contribution in [3.63, 3.8) is 0 Å². The molecule has 228 valence electrons. The lowest BCUT2D eigenvalue weighted by Crippen LogP contribution is -2.61. The molecule has 2 bridgehead atoms. The minimum absolute atomic E-state index is 0.279. The fourth-order valence-corrected chi connectivity index (χ4v) is 8.00. The van der Waals surface area contributed by atoms with Gasteiger partial charge in [-0.2, -0.15) is 0 Å². The summed E-state index contributed by atoms with van der Waals surface area (Å²) in [6, 6.07) is 15.3. The summed E-state index contributed by atoms with van der Waals surface area (Å²) in [5.74, 6) is -0.0410. The Morgan fingerprint density at radius 2 is 1.80 bits per heavy atom. The van der Waals surface area contributed by atoms with Crippen LogP contribution in [0, 0.1) is 0 Å². The maximum atomic E-state index is 13.6. The van der Waals surface area contributed by atoms with Crippen LogP contribution in [-0.4, -0.2) is 57.4 Å². The van der Waals surface area contributed by atoms with Gasteiger partial charge in [-0.1, -0.05) is 55.6 Å². The number of fused-ring (bicyclic) bond motifs is 13. The van der Waals surface area contributed by atoms with E-state index in [9.17, 15) is 14.7 Å². The van der Waals surface area contributed by atoms with Crippen LogP contribution in [-0.2, 0) is 19.9 Å². The van der Waals surface area contributed by atoms with Crippen LogP contribution in [0.3, 0.4) is 0 Å².